The second kappa shape index (κ2) is 7.90. The maximum Gasteiger partial charge on any atom is 0.243 e. The van der Waals surface area contributed by atoms with Gasteiger partial charge < -0.3 is 4.90 Å². The highest BCUT2D eigenvalue weighted by Gasteiger charge is 2.34. The van der Waals surface area contributed by atoms with Crippen LogP contribution in [0.5, 0.6) is 0 Å². The van der Waals surface area contributed by atoms with Gasteiger partial charge >= 0.3 is 0 Å². The minimum absolute atomic E-state index is 0.0492. The van der Waals surface area contributed by atoms with Crippen LogP contribution >= 0.6 is 15.9 Å². The van der Waals surface area contributed by atoms with Crippen molar-refractivity contribution in [2.24, 2.45) is 5.92 Å². The molecule has 1 aliphatic rings. The summed E-state index contributed by atoms with van der Waals surface area (Å²) in [4.78, 5) is 14.7. The van der Waals surface area contributed by atoms with Gasteiger partial charge in [0.25, 0.3) is 0 Å². The number of hydrogen-bond acceptors (Lipinski definition) is 3. The molecule has 3 rings (SSSR count). The first kappa shape index (κ1) is 19.1. The van der Waals surface area contributed by atoms with Crippen LogP contribution in [0.15, 0.2) is 64.0 Å². The zero-order valence-electron chi connectivity index (χ0n) is 14.5. The highest BCUT2D eigenvalue weighted by atomic mass is 79.9. The quantitative estimate of drug-likeness (QED) is 0.736. The molecule has 0 bridgehead atoms. The van der Waals surface area contributed by atoms with Crippen LogP contribution in [0.1, 0.15) is 12.8 Å². The fourth-order valence-corrected chi connectivity index (χ4v) is 4.96. The lowest BCUT2D eigenvalue weighted by Gasteiger charge is -2.33. The Kier molecular flexibility index (Phi) is 5.79. The molecule has 1 heterocycles. The van der Waals surface area contributed by atoms with Crippen LogP contribution in [0.2, 0.25) is 0 Å². The van der Waals surface area contributed by atoms with Crippen LogP contribution in [0, 0.1) is 5.92 Å². The van der Waals surface area contributed by atoms with Gasteiger partial charge in [0.05, 0.1) is 10.8 Å². The average Bonchev–Trinajstić information content (AvgIpc) is 2.68. The number of amides is 1. The van der Waals surface area contributed by atoms with Crippen molar-refractivity contribution in [3.8, 4) is 0 Å². The summed E-state index contributed by atoms with van der Waals surface area (Å²) < 4.78 is 28.0. The monoisotopic (exact) mass is 436 g/mol. The lowest BCUT2D eigenvalue weighted by atomic mass is 9.98. The van der Waals surface area contributed by atoms with Crippen molar-refractivity contribution >= 4 is 37.5 Å². The largest absolute Gasteiger partial charge is 0.315 e. The minimum Gasteiger partial charge on any atom is -0.315 e. The molecule has 1 amide bonds. The van der Waals surface area contributed by atoms with E-state index in [2.05, 4.69) is 15.9 Å². The number of rotatable bonds is 4. The SMILES string of the molecule is CN(C(=O)[C@@H]1CCCN(S(=O)(=O)c2ccc(Br)cc2)C1)c1ccccc1. The number of anilines is 1. The molecule has 1 aliphatic heterocycles. The molecule has 0 radical (unpaired) electrons. The molecular formula is C19H21BrN2O3S. The Balaban J connectivity index is 1.76. The fraction of sp³-hybridized carbons (Fsp3) is 0.316. The second-order valence-corrected chi connectivity index (χ2v) is 9.24. The standard InChI is InChI=1S/C19H21BrN2O3S/c1-21(17-7-3-2-4-8-17)19(23)15-6-5-13-22(14-15)26(24,25)18-11-9-16(20)10-12-18/h2-4,7-12,15H,5-6,13-14H2,1H3/t15-/m1/s1. The third kappa shape index (κ3) is 4.00. The molecule has 5 nitrogen and oxygen atoms in total. The molecule has 7 heteroatoms. The number of nitrogens with zero attached hydrogens (tertiary/aromatic N) is 2. The van der Waals surface area contributed by atoms with E-state index in [1.807, 2.05) is 30.3 Å². The van der Waals surface area contributed by atoms with E-state index in [4.69, 9.17) is 0 Å². The fourth-order valence-electron chi connectivity index (χ4n) is 3.17. The highest BCUT2D eigenvalue weighted by Crippen LogP contribution is 2.26. The van der Waals surface area contributed by atoms with Crippen LogP contribution in [0.3, 0.4) is 0 Å². The second-order valence-electron chi connectivity index (χ2n) is 6.39. The number of carbonyl (C=O) groups is 1. The van der Waals surface area contributed by atoms with Gasteiger partial charge in [0, 0.05) is 30.3 Å². The summed E-state index contributed by atoms with van der Waals surface area (Å²) in [6.45, 7) is 0.658. The Hall–Kier alpha value is -1.70. The van der Waals surface area contributed by atoms with E-state index >= 15 is 0 Å². The minimum atomic E-state index is -3.59. The van der Waals surface area contributed by atoms with Gasteiger partial charge in [-0.2, -0.15) is 4.31 Å². The third-order valence-corrected chi connectivity index (χ3v) is 7.07. The Morgan fingerprint density at radius 2 is 1.77 bits per heavy atom. The molecular weight excluding hydrogens is 416 g/mol. The third-order valence-electron chi connectivity index (χ3n) is 4.66. The highest BCUT2D eigenvalue weighted by molar-refractivity contribution is 9.10. The molecule has 2 aromatic rings. The molecule has 26 heavy (non-hydrogen) atoms. The van der Waals surface area contributed by atoms with Gasteiger partial charge in [-0.1, -0.05) is 34.1 Å². The van der Waals surface area contributed by atoms with Crippen LogP contribution < -0.4 is 4.90 Å². The Morgan fingerprint density at radius 1 is 1.12 bits per heavy atom. The van der Waals surface area contributed by atoms with E-state index in [1.54, 1.807) is 36.2 Å². The number of benzene rings is 2. The molecule has 0 aliphatic carbocycles. The van der Waals surface area contributed by atoms with E-state index in [0.29, 0.717) is 19.4 Å². The lowest BCUT2D eigenvalue weighted by Crippen LogP contribution is -2.45. The Labute approximate surface area is 162 Å². The van der Waals surface area contributed by atoms with Gasteiger partial charge in [-0.3, -0.25) is 4.79 Å². The first-order valence-corrected chi connectivity index (χ1v) is 10.7. The molecule has 1 fully saturated rings. The number of sulfonamides is 1. The van der Waals surface area contributed by atoms with Crippen molar-refractivity contribution < 1.29 is 13.2 Å². The number of para-hydroxylation sites is 1. The first-order valence-electron chi connectivity index (χ1n) is 8.48. The van der Waals surface area contributed by atoms with Gasteiger partial charge in [-0.05, 0) is 49.2 Å². The van der Waals surface area contributed by atoms with Gasteiger partial charge in [-0.15, -0.1) is 0 Å². The molecule has 0 spiro atoms. The number of halogens is 1. The zero-order valence-corrected chi connectivity index (χ0v) is 16.9. The van der Waals surface area contributed by atoms with Crippen molar-refractivity contribution in [3.63, 3.8) is 0 Å². The van der Waals surface area contributed by atoms with Gasteiger partial charge in [0.15, 0.2) is 0 Å². The van der Waals surface area contributed by atoms with E-state index in [1.165, 1.54) is 4.31 Å². The zero-order chi connectivity index (χ0) is 18.7. The van der Waals surface area contributed by atoms with Crippen LogP contribution in [0.25, 0.3) is 0 Å². The molecule has 0 N–H and O–H groups in total. The molecule has 138 valence electrons. The molecule has 0 saturated carbocycles. The van der Waals surface area contributed by atoms with Crippen molar-refractivity contribution in [2.45, 2.75) is 17.7 Å². The first-order chi connectivity index (χ1) is 12.4. The predicted molar refractivity (Wildman–Crippen MR) is 105 cm³/mol. The molecule has 1 atom stereocenters. The molecule has 0 aromatic heterocycles. The van der Waals surface area contributed by atoms with Gasteiger partial charge in [0.1, 0.15) is 0 Å². The number of hydrogen-bond donors (Lipinski definition) is 0. The summed E-state index contributed by atoms with van der Waals surface area (Å²) in [7, 11) is -1.86. The van der Waals surface area contributed by atoms with E-state index in [-0.39, 0.29) is 23.3 Å². The van der Waals surface area contributed by atoms with Gasteiger partial charge in [0.2, 0.25) is 15.9 Å². The van der Waals surface area contributed by atoms with Crippen LogP contribution in [-0.2, 0) is 14.8 Å². The Morgan fingerprint density at radius 3 is 2.42 bits per heavy atom. The normalized spacial score (nSPS) is 18.5. The van der Waals surface area contributed by atoms with Gasteiger partial charge in [-0.25, -0.2) is 8.42 Å². The summed E-state index contributed by atoms with van der Waals surface area (Å²) in [5.41, 5.74) is 0.811. The molecule has 0 unspecified atom stereocenters. The summed E-state index contributed by atoms with van der Waals surface area (Å²) >= 11 is 3.32. The predicted octanol–water partition coefficient (Wildman–Crippen LogP) is 3.51. The summed E-state index contributed by atoms with van der Waals surface area (Å²) in [6.07, 6.45) is 1.37. The Bertz CT molecular complexity index is 869. The van der Waals surface area contributed by atoms with Crippen molar-refractivity contribution in [3.05, 3.63) is 59.1 Å². The molecule has 1 saturated heterocycles. The average molecular weight is 437 g/mol. The maximum atomic E-state index is 12.9. The smallest absolute Gasteiger partial charge is 0.243 e. The summed E-state index contributed by atoms with van der Waals surface area (Å²) in [5, 5.41) is 0. The van der Waals surface area contributed by atoms with E-state index in [0.717, 1.165) is 10.2 Å². The topological polar surface area (TPSA) is 57.7 Å². The summed E-state index contributed by atoms with van der Waals surface area (Å²) in [6, 6.07) is 16.0. The van der Waals surface area contributed by atoms with E-state index < -0.39 is 10.0 Å². The van der Waals surface area contributed by atoms with Crippen molar-refractivity contribution in [1.82, 2.24) is 4.31 Å². The van der Waals surface area contributed by atoms with Crippen molar-refractivity contribution in [1.29, 1.82) is 0 Å². The van der Waals surface area contributed by atoms with Crippen LogP contribution in [0.4, 0.5) is 5.69 Å². The number of carbonyl (C=O) groups excluding carboxylic acids is 1. The lowest BCUT2D eigenvalue weighted by molar-refractivity contribution is -0.123. The summed E-state index contributed by atoms with van der Waals surface area (Å²) in [5.74, 6) is -0.383. The molecule has 2 aromatic carbocycles. The maximum absolute atomic E-state index is 12.9. The van der Waals surface area contributed by atoms with Crippen LogP contribution in [-0.4, -0.2) is 38.8 Å². The van der Waals surface area contributed by atoms with Crippen molar-refractivity contribution in [2.75, 3.05) is 25.0 Å². The van der Waals surface area contributed by atoms with E-state index in [9.17, 15) is 13.2 Å². The number of piperidine rings is 1.